The van der Waals surface area contributed by atoms with Crippen LogP contribution in [-0.2, 0) is 0 Å². The molecule has 3 rings (SSSR count). The summed E-state index contributed by atoms with van der Waals surface area (Å²) in [5.74, 6) is -0.110. The maximum atomic E-state index is 12.3. The quantitative estimate of drug-likeness (QED) is 0.783. The number of nitrogens with zero attached hydrogens (tertiary/aromatic N) is 1. The van der Waals surface area contributed by atoms with Crippen molar-refractivity contribution in [2.75, 3.05) is 5.32 Å². The first-order chi connectivity index (χ1) is 9.13. The number of hydrogen-bond acceptors (Lipinski definition) is 1. The fraction of sp³-hybridized carbons (Fsp3) is 0.214. The van der Waals surface area contributed by atoms with E-state index in [4.69, 9.17) is 11.6 Å². The molecule has 1 aromatic carbocycles. The predicted octanol–water partition coefficient (Wildman–Crippen LogP) is 4.33. The molecule has 0 aliphatic heterocycles. The Balaban J connectivity index is 1.84. The number of nitrogens with one attached hydrogen (secondary N) is 1. The molecule has 1 amide bonds. The van der Waals surface area contributed by atoms with Crippen LogP contribution in [0.1, 0.15) is 29.4 Å². The van der Waals surface area contributed by atoms with Crippen molar-refractivity contribution in [3.8, 4) is 0 Å². The van der Waals surface area contributed by atoms with E-state index >= 15 is 0 Å². The van der Waals surface area contributed by atoms with E-state index in [1.165, 1.54) is 0 Å². The molecule has 1 heterocycles. The number of amides is 1. The molecule has 0 radical (unpaired) electrons. The fourth-order valence-electron chi connectivity index (χ4n) is 2.04. The number of carbonyl (C=O) groups excluding carboxylic acids is 1. The third-order valence-corrected chi connectivity index (χ3v) is 3.95. The van der Waals surface area contributed by atoms with Gasteiger partial charge in [0, 0.05) is 21.5 Å². The van der Waals surface area contributed by atoms with Crippen molar-refractivity contribution < 1.29 is 4.79 Å². The van der Waals surface area contributed by atoms with Crippen LogP contribution in [0.3, 0.4) is 0 Å². The van der Waals surface area contributed by atoms with Crippen molar-refractivity contribution in [2.45, 2.75) is 18.9 Å². The highest BCUT2D eigenvalue weighted by atomic mass is 127. The van der Waals surface area contributed by atoms with Gasteiger partial charge in [-0.25, -0.2) is 0 Å². The van der Waals surface area contributed by atoms with Crippen molar-refractivity contribution in [2.24, 2.45) is 0 Å². The van der Waals surface area contributed by atoms with E-state index in [0.717, 1.165) is 22.1 Å². The van der Waals surface area contributed by atoms with Gasteiger partial charge in [-0.05, 0) is 59.7 Å². The number of carbonyl (C=O) groups is 1. The molecule has 0 spiro atoms. The lowest BCUT2D eigenvalue weighted by atomic mass is 10.3. The van der Waals surface area contributed by atoms with E-state index in [0.29, 0.717) is 16.8 Å². The number of aromatic nitrogens is 1. The Hall–Kier alpha value is -1.01. The van der Waals surface area contributed by atoms with Crippen molar-refractivity contribution in [1.29, 1.82) is 0 Å². The molecule has 5 heteroatoms. The molecule has 0 unspecified atom stereocenters. The monoisotopic (exact) mass is 386 g/mol. The van der Waals surface area contributed by atoms with Gasteiger partial charge >= 0.3 is 0 Å². The Morgan fingerprint density at radius 3 is 2.84 bits per heavy atom. The molecule has 1 aromatic heterocycles. The van der Waals surface area contributed by atoms with Gasteiger partial charge in [-0.2, -0.15) is 0 Å². The van der Waals surface area contributed by atoms with Crippen LogP contribution < -0.4 is 5.32 Å². The third-order valence-electron chi connectivity index (χ3n) is 3.07. The van der Waals surface area contributed by atoms with Crippen molar-refractivity contribution in [3.63, 3.8) is 0 Å². The number of hydrogen-bond donors (Lipinski definition) is 1. The van der Waals surface area contributed by atoms with Crippen LogP contribution in [0.25, 0.3) is 0 Å². The summed E-state index contributed by atoms with van der Waals surface area (Å²) in [6.45, 7) is 0. The predicted molar refractivity (Wildman–Crippen MR) is 84.8 cm³/mol. The standard InChI is InChI=1S/C14H12ClIN2O/c15-9-6-13(18(8-9)12-4-5-12)14(19)17-11-3-1-2-10(16)7-11/h1-3,6-8,12H,4-5H2,(H,17,19). The van der Waals surface area contributed by atoms with Crippen LogP contribution in [0, 0.1) is 3.57 Å². The van der Waals surface area contributed by atoms with Gasteiger partial charge in [-0.1, -0.05) is 17.7 Å². The molecular weight excluding hydrogens is 375 g/mol. The minimum absolute atomic E-state index is 0.110. The van der Waals surface area contributed by atoms with Crippen LogP contribution in [0.15, 0.2) is 36.5 Å². The Morgan fingerprint density at radius 1 is 1.37 bits per heavy atom. The SMILES string of the molecule is O=C(Nc1cccc(I)c1)c1cc(Cl)cn1C1CC1. The van der Waals surface area contributed by atoms with Gasteiger partial charge in [0.2, 0.25) is 0 Å². The van der Waals surface area contributed by atoms with E-state index in [1.54, 1.807) is 6.07 Å². The molecule has 1 saturated carbocycles. The van der Waals surface area contributed by atoms with Gasteiger partial charge < -0.3 is 9.88 Å². The Morgan fingerprint density at radius 2 is 2.16 bits per heavy atom. The van der Waals surface area contributed by atoms with Crippen molar-refractivity contribution in [3.05, 3.63) is 50.8 Å². The van der Waals surface area contributed by atoms with E-state index in [9.17, 15) is 4.79 Å². The van der Waals surface area contributed by atoms with Crippen LogP contribution in [0.5, 0.6) is 0 Å². The van der Waals surface area contributed by atoms with E-state index in [2.05, 4.69) is 27.9 Å². The highest BCUT2D eigenvalue weighted by Crippen LogP contribution is 2.37. The number of halogens is 2. The zero-order valence-electron chi connectivity index (χ0n) is 10.1. The molecule has 3 nitrogen and oxygen atoms in total. The summed E-state index contributed by atoms with van der Waals surface area (Å²) < 4.78 is 3.07. The maximum absolute atomic E-state index is 12.3. The molecule has 1 fully saturated rings. The molecule has 19 heavy (non-hydrogen) atoms. The molecular formula is C14H12ClIN2O. The highest BCUT2D eigenvalue weighted by molar-refractivity contribution is 14.1. The smallest absolute Gasteiger partial charge is 0.272 e. The number of anilines is 1. The molecule has 1 N–H and O–H groups in total. The summed E-state index contributed by atoms with van der Waals surface area (Å²) in [5, 5.41) is 3.52. The third kappa shape index (κ3) is 2.95. The van der Waals surface area contributed by atoms with Crippen LogP contribution in [0.4, 0.5) is 5.69 Å². The first-order valence-corrected chi connectivity index (χ1v) is 7.53. The number of benzene rings is 1. The van der Waals surface area contributed by atoms with Crippen molar-refractivity contribution >= 4 is 45.8 Å². The first kappa shape index (κ1) is 13.0. The normalized spacial score (nSPS) is 14.4. The molecule has 0 saturated heterocycles. The molecule has 0 bridgehead atoms. The average molecular weight is 387 g/mol. The fourth-order valence-corrected chi connectivity index (χ4v) is 2.80. The van der Waals surface area contributed by atoms with E-state index < -0.39 is 0 Å². The summed E-state index contributed by atoms with van der Waals surface area (Å²) in [6, 6.07) is 9.88. The molecule has 1 aliphatic rings. The van der Waals surface area contributed by atoms with Gasteiger partial charge in [-0.15, -0.1) is 0 Å². The van der Waals surface area contributed by atoms with Gasteiger partial charge in [0.05, 0.1) is 5.02 Å². The second-order valence-electron chi connectivity index (χ2n) is 4.65. The molecule has 0 atom stereocenters. The maximum Gasteiger partial charge on any atom is 0.272 e. The summed E-state index contributed by atoms with van der Waals surface area (Å²) in [6.07, 6.45) is 4.08. The van der Waals surface area contributed by atoms with E-state index in [-0.39, 0.29) is 5.91 Å². The lowest BCUT2D eigenvalue weighted by Gasteiger charge is -2.08. The van der Waals surface area contributed by atoms with Crippen LogP contribution >= 0.6 is 34.2 Å². The van der Waals surface area contributed by atoms with Crippen LogP contribution in [-0.4, -0.2) is 10.5 Å². The molecule has 1 aliphatic carbocycles. The second kappa shape index (κ2) is 5.17. The largest absolute Gasteiger partial charge is 0.339 e. The lowest BCUT2D eigenvalue weighted by molar-refractivity contribution is 0.101. The lowest BCUT2D eigenvalue weighted by Crippen LogP contribution is -2.16. The molecule has 98 valence electrons. The minimum atomic E-state index is -0.110. The summed E-state index contributed by atoms with van der Waals surface area (Å²) in [4.78, 5) is 12.3. The Kier molecular flexibility index (Phi) is 3.54. The van der Waals surface area contributed by atoms with Gasteiger partial charge in [0.25, 0.3) is 5.91 Å². The number of rotatable bonds is 3. The zero-order chi connectivity index (χ0) is 13.4. The zero-order valence-corrected chi connectivity index (χ0v) is 13.0. The molecule has 2 aromatic rings. The van der Waals surface area contributed by atoms with Gasteiger partial charge in [-0.3, -0.25) is 4.79 Å². The second-order valence-corrected chi connectivity index (χ2v) is 6.33. The summed E-state index contributed by atoms with van der Waals surface area (Å²) in [5.41, 5.74) is 1.43. The Labute approximate surface area is 130 Å². The summed E-state index contributed by atoms with van der Waals surface area (Å²) >= 11 is 8.23. The highest BCUT2D eigenvalue weighted by Gasteiger charge is 2.27. The summed E-state index contributed by atoms with van der Waals surface area (Å²) in [7, 11) is 0. The van der Waals surface area contributed by atoms with Gasteiger partial charge in [0.15, 0.2) is 0 Å². The van der Waals surface area contributed by atoms with Crippen LogP contribution in [0.2, 0.25) is 5.02 Å². The first-order valence-electron chi connectivity index (χ1n) is 6.08. The van der Waals surface area contributed by atoms with Crippen molar-refractivity contribution in [1.82, 2.24) is 4.57 Å². The average Bonchev–Trinajstić information content (AvgIpc) is 3.12. The minimum Gasteiger partial charge on any atom is -0.339 e. The topological polar surface area (TPSA) is 34.0 Å². The van der Waals surface area contributed by atoms with E-state index in [1.807, 2.05) is 35.0 Å². The Bertz CT molecular complexity index is 634. The van der Waals surface area contributed by atoms with Gasteiger partial charge in [0.1, 0.15) is 5.69 Å².